The van der Waals surface area contributed by atoms with E-state index in [9.17, 15) is 9.59 Å². The van der Waals surface area contributed by atoms with Crippen molar-refractivity contribution in [3.63, 3.8) is 0 Å². The van der Waals surface area contributed by atoms with Crippen molar-refractivity contribution in [3.8, 4) is 5.69 Å². The SMILES string of the molecule is O=C1NCCN2CCN(C(=O)NCc3ccccc3-n3cccn3)C[C@@H]12. The fourth-order valence-electron chi connectivity index (χ4n) is 3.54. The molecule has 2 aliphatic rings. The van der Waals surface area contributed by atoms with Gasteiger partial charge in [0.2, 0.25) is 5.91 Å². The van der Waals surface area contributed by atoms with Gasteiger partial charge in [-0.15, -0.1) is 0 Å². The quantitative estimate of drug-likeness (QED) is 0.825. The van der Waals surface area contributed by atoms with E-state index in [-0.39, 0.29) is 18.0 Å². The highest BCUT2D eigenvalue weighted by Gasteiger charge is 2.36. The third-order valence-corrected chi connectivity index (χ3v) is 4.95. The predicted molar refractivity (Wildman–Crippen MR) is 95.7 cm³/mol. The summed E-state index contributed by atoms with van der Waals surface area (Å²) < 4.78 is 1.78. The van der Waals surface area contributed by atoms with Gasteiger partial charge in [-0.1, -0.05) is 18.2 Å². The second-order valence-corrected chi connectivity index (χ2v) is 6.53. The highest BCUT2D eigenvalue weighted by atomic mass is 16.2. The molecule has 2 N–H and O–H groups in total. The van der Waals surface area contributed by atoms with Crippen molar-refractivity contribution in [1.29, 1.82) is 0 Å². The van der Waals surface area contributed by atoms with E-state index in [0.29, 0.717) is 26.2 Å². The normalized spacial score (nSPS) is 20.4. The van der Waals surface area contributed by atoms with Crippen molar-refractivity contribution in [2.45, 2.75) is 12.6 Å². The first-order valence-electron chi connectivity index (χ1n) is 8.85. The van der Waals surface area contributed by atoms with Gasteiger partial charge < -0.3 is 15.5 Å². The van der Waals surface area contributed by atoms with Crippen LogP contribution in [-0.4, -0.2) is 70.3 Å². The summed E-state index contributed by atoms with van der Waals surface area (Å²) in [6.07, 6.45) is 3.60. The Morgan fingerprint density at radius 1 is 1.23 bits per heavy atom. The topological polar surface area (TPSA) is 82.5 Å². The fraction of sp³-hybridized carbons (Fsp3) is 0.389. The van der Waals surface area contributed by atoms with Gasteiger partial charge in [-0.05, 0) is 17.7 Å². The zero-order valence-corrected chi connectivity index (χ0v) is 14.5. The number of carbonyl (C=O) groups is 2. The molecule has 26 heavy (non-hydrogen) atoms. The van der Waals surface area contributed by atoms with E-state index in [4.69, 9.17) is 0 Å². The molecule has 0 radical (unpaired) electrons. The van der Waals surface area contributed by atoms with E-state index >= 15 is 0 Å². The number of rotatable bonds is 3. The molecule has 3 heterocycles. The summed E-state index contributed by atoms with van der Waals surface area (Å²) in [5, 5.41) is 10.1. The predicted octanol–water partition coefficient (Wildman–Crippen LogP) is 0.198. The molecule has 2 aliphatic heterocycles. The molecule has 2 aromatic rings. The van der Waals surface area contributed by atoms with Gasteiger partial charge in [0.05, 0.1) is 5.69 Å². The van der Waals surface area contributed by atoms with Gasteiger partial charge in [0.1, 0.15) is 6.04 Å². The molecule has 2 fully saturated rings. The number of amides is 3. The van der Waals surface area contributed by atoms with Crippen LogP contribution in [-0.2, 0) is 11.3 Å². The van der Waals surface area contributed by atoms with Crippen LogP contribution in [0.2, 0.25) is 0 Å². The van der Waals surface area contributed by atoms with Crippen LogP contribution in [0.1, 0.15) is 5.56 Å². The second kappa shape index (κ2) is 7.17. The van der Waals surface area contributed by atoms with Crippen molar-refractivity contribution < 1.29 is 9.59 Å². The molecule has 0 unspecified atom stereocenters. The van der Waals surface area contributed by atoms with Crippen molar-refractivity contribution in [2.24, 2.45) is 0 Å². The zero-order chi connectivity index (χ0) is 17.9. The molecule has 0 aliphatic carbocycles. The van der Waals surface area contributed by atoms with Gasteiger partial charge >= 0.3 is 6.03 Å². The van der Waals surface area contributed by atoms with E-state index in [1.54, 1.807) is 15.8 Å². The summed E-state index contributed by atoms with van der Waals surface area (Å²) in [7, 11) is 0. The number of carbonyl (C=O) groups excluding carboxylic acids is 2. The summed E-state index contributed by atoms with van der Waals surface area (Å²) in [5.41, 5.74) is 1.92. The lowest BCUT2D eigenvalue weighted by molar-refractivity contribution is -0.131. The van der Waals surface area contributed by atoms with Gasteiger partial charge in [0.25, 0.3) is 0 Å². The molecule has 0 saturated carbocycles. The standard InChI is InChI=1S/C18H22N6O2/c25-17-16-13-23(11-10-22(16)9-7-19-17)18(26)20-12-14-4-1-2-5-15(14)24-8-3-6-21-24/h1-6,8,16H,7,9-13H2,(H,19,25)(H,20,26)/t16-/m0/s1. The largest absolute Gasteiger partial charge is 0.353 e. The number of nitrogens with zero attached hydrogens (tertiary/aromatic N) is 4. The van der Waals surface area contributed by atoms with Crippen molar-refractivity contribution in [2.75, 3.05) is 32.7 Å². The number of benzene rings is 1. The van der Waals surface area contributed by atoms with Crippen LogP contribution in [0, 0.1) is 0 Å². The minimum Gasteiger partial charge on any atom is -0.353 e. The average Bonchev–Trinajstić information content (AvgIpc) is 3.21. The van der Waals surface area contributed by atoms with Gasteiger partial charge in [-0.25, -0.2) is 9.48 Å². The first kappa shape index (κ1) is 16.6. The summed E-state index contributed by atoms with van der Waals surface area (Å²) in [5.74, 6) is 0.0118. The van der Waals surface area contributed by atoms with Crippen LogP contribution in [0.15, 0.2) is 42.7 Å². The molecule has 0 bridgehead atoms. The Balaban J connectivity index is 1.40. The number of para-hydroxylation sites is 1. The minimum absolute atomic E-state index is 0.0118. The minimum atomic E-state index is -0.236. The summed E-state index contributed by atoms with van der Waals surface area (Å²) in [6, 6.07) is 9.33. The van der Waals surface area contributed by atoms with Gasteiger partial charge in [-0.2, -0.15) is 5.10 Å². The fourth-order valence-corrected chi connectivity index (χ4v) is 3.54. The number of hydrogen-bond donors (Lipinski definition) is 2. The molecule has 136 valence electrons. The molecular weight excluding hydrogens is 332 g/mol. The third kappa shape index (κ3) is 3.28. The molecule has 2 saturated heterocycles. The van der Waals surface area contributed by atoms with E-state index in [2.05, 4.69) is 20.6 Å². The number of fused-ring (bicyclic) bond motifs is 1. The average molecular weight is 354 g/mol. The lowest BCUT2D eigenvalue weighted by atomic mass is 10.1. The summed E-state index contributed by atoms with van der Waals surface area (Å²) in [6.45, 7) is 3.74. The number of piperazine rings is 2. The molecule has 0 spiro atoms. The number of aromatic nitrogens is 2. The van der Waals surface area contributed by atoms with Crippen LogP contribution < -0.4 is 10.6 Å². The Morgan fingerprint density at radius 3 is 2.96 bits per heavy atom. The Morgan fingerprint density at radius 2 is 2.12 bits per heavy atom. The lowest BCUT2D eigenvalue weighted by Crippen LogP contribution is -2.65. The van der Waals surface area contributed by atoms with Crippen molar-refractivity contribution >= 4 is 11.9 Å². The number of hydrogen-bond acceptors (Lipinski definition) is 4. The zero-order valence-electron chi connectivity index (χ0n) is 14.5. The lowest BCUT2D eigenvalue weighted by Gasteiger charge is -2.42. The van der Waals surface area contributed by atoms with E-state index < -0.39 is 0 Å². The molecule has 8 nitrogen and oxygen atoms in total. The first-order valence-corrected chi connectivity index (χ1v) is 8.85. The maximum atomic E-state index is 12.6. The molecule has 4 rings (SSSR count). The van der Waals surface area contributed by atoms with Gasteiger partial charge in [0, 0.05) is 51.7 Å². The molecule has 8 heteroatoms. The number of urea groups is 1. The van der Waals surface area contributed by atoms with Crippen molar-refractivity contribution in [3.05, 3.63) is 48.3 Å². The number of nitrogens with one attached hydrogen (secondary N) is 2. The first-order chi connectivity index (χ1) is 12.7. The summed E-state index contributed by atoms with van der Waals surface area (Å²) >= 11 is 0. The Hall–Kier alpha value is -2.87. The second-order valence-electron chi connectivity index (χ2n) is 6.53. The van der Waals surface area contributed by atoms with Crippen LogP contribution in [0.25, 0.3) is 5.69 Å². The molecular formula is C18H22N6O2. The summed E-state index contributed by atoms with van der Waals surface area (Å²) in [4.78, 5) is 28.5. The highest BCUT2D eigenvalue weighted by Crippen LogP contribution is 2.15. The Bertz CT molecular complexity index is 791. The van der Waals surface area contributed by atoms with Crippen LogP contribution >= 0.6 is 0 Å². The van der Waals surface area contributed by atoms with Crippen molar-refractivity contribution in [1.82, 2.24) is 30.2 Å². The van der Waals surface area contributed by atoms with Gasteiger partial charge in [0.15, 0.2) is 0 Å². The maximum Gasteiger partial charge on any atom is 0.317 e. The smallest absolute Gasteiger partial charge is 0.317 e. The Labute approximate surface area is 151 Å². The maximum absolute atomic E-state index is 12.6. The van der Waals surface area contributed by atoms with Crippen LogP contribution in [0.5, 0.6) is 0 Å². The third-order valence-electron chi connectivity index (χ3n) is 4.95. The molecule has 1 atom stereocenters. The van der Waals surface area contributed by atoms with Crippen LogP contribution in [0.3, 0.4) is 0 Å². The Kier molecular flexibility index (Phi) is 4.57. The van der Waals surface area contributed by atoms with Crippen LogP contribution in [0.4, 0.5) is 4.79 Å². The molecule has 1 aromatic carbocycles. The van der Waals surface area contributed by atoms with E-state index in [1.165, 1.54) is 0 Å². The monoisotopic (exact) mass is 354 g/mol. The van der Waals surface area contributed by atoms with E-state index in [1.807, 2.05) is 36.5 Å². The van der Waals surface area contributed by atoms with Gasteiger partial charge in [-0.3, -0.25) is 9.69 Å². The van der Waals surface area contributed by atoms with E-state index in [0.717, 1.165) is 24.3 Å². The molecule has 1 aromatic heterocycles. The highest BCUT2D eigenvalue weighted by molar-refractivity contribution is 5.84. The molecule has 3 amide bonds.